The van der Waals surface area contributed by atoms with E-state index in [1.807, 2.05) is 0 Å². The van der Waals surface area contributed by atoms with Gasteiger partial charge in [0, 0.05) is 11.1 Å². The summed E-state index contributed by atoms with van der Waals surface area (Å²) < 4.78 is 44.3. The van der Waals surface area contributed by atoms with Crippen molar-refractivity contribution in [1.29, 1.82) is 0 Å². The number of aromatic hydroxyl groups is 19. The smallest absolute Gasteiger partial charge is 0.343 e. The summed E-state index contributed by atoms with van der Waals surface area (Å²) in [5.74, 6) is -38.5. The van der Waals surface area contributed by atoms with Crippen LogP contribution in [0.25, 0.3) is 11.1 Å². The first-order valence-electron chi connectivity index (χ1n) is 24.4. The molecule has 7 aromatic carbocycles. The van der Waals surface area contributed by atoms with Gasteiger partial charge in [-0.3, -0.25) is 0 Å². The van der Waals surface area contributed by atoms with E-state index < -0.39 is 250 Å². The van der Waals surface area contributed by atoms with Crippen molar-refractivity contribution < 1.29 is 168 Å². The van der Waals surface area contributed by atoms with Crippen LogP contribution in [0.1, 0.15) is 72.5 Å². The van der Waals surface area contributed by atoms with E-state index in [0.717, 1.165) is 0 Å². The van der Waals surface area contributed by atoms with Crippen LogP contribution in [-0.4, -0.2) is 176 Å². The largest absolute Gasteiger partial charge is 0.504 e. The number of benzene rings is 7. The van der Waals surface area contributed by atoms with E-state index in [2.05, 4.69) is 0 Å². The Morgan fingerprint density at radius 1 is 0.348 bits per heavy atom. The van der Waals surface area contributed by atoms with Crippen LogP contribution >= 0.6 is 0 Å². The van der Waals surface area contributed by atoms with Gasteiger partial charge in [0.05, 0.1) is 38.9 Å². The first-order chi connectivity index (χ1) is 41.8. The zero-order valence-corrected chi connectivity index (χ0v) is 43.6. The Morgan fingerprint density at radius 2 is 0.663 bits per heavy atom. The number of carbonyl (C=O) groups excluding carboxylic acids is 7. The Labute approximate surface area is 490 Å². The van der Waals surface area contributed by atoms with Crippen molar-refractivity contribution in [1.82, 2.24) is 0 Å². The van der Waals surface area contributed by atoms with Crippen molar-refractivity contribution >= 4 is 41.8 Å². The average molecular weight is 1240 g/mol. The topological polar surface area (TPSA) is 578 Å². The van der Waals surface area contributed by atoms with Crippen LogP contribution in [0.4, 0.5) is 0 Å². The molecule has 34 heteroatoms. The number of phenolic OH excluding ortho intramolecular Hbond substituents is 19. The van der Waals surface area contributed by atoms with Gasteiger partial charge >= 0.3 is 41.8 Å². The van der Waals surface area contributed by atoms with Gasteiger partial charge in [-0.05, 0) is 72.8 Å². The van der Waals surface area contributed by atoms with Crippen molar-refractivity contribution in [2.24, 2.45) is 0 Å². The summed E-state index contributed by atoms with van der Waals surface area (Å²) in [4.78, 5) is 98.8. The molecule has 5 unspecified atom stereocenters. The molecule has 0 saturated carbocycles. The summed E-state index contributed by atoms with van der Waals surface area (Å²) in [5, 5.41) is 198. The zero-order chi connectivity index (χ0) is 65.1. The van der Waals surface area contributed by atoms with E-state index in [9.17, 15) is 131 Å². The fourth-order valence-corrected chi connectivity index (χ4v) is 8.67. The van der Waals surface area contributed by atoms with Crippen LogP contribution in [0, 0.1) is 0 Å². The monoisotopic (exact) mass is 1240 g/mol. The Morgan fingerprint density at radius 3 is 1.06 bits per heavy atom. The molecule has 2 aliphatic rings. The summed E-state index contributed by atoms with van der Waals surface area (Å²) in [6.07, 6.45) is -13.4. The zero-order valence-electron chi connectivity index (χ0n) is 43.6. The van der Waals surface area contributed by atoms with Gasteiger partial charge in [-0.15, -0.1) is 0 Å². The number of esters is 7. The Balaban J connectivity index is 1.20. The van der Waals surface area contributed by atoms with Crippen molar-refractivity contribution in [2.75, 3.05) is 6.61 Å². The molecule has 0 amide bonds. The minimum atomic E-state index is -2.80. The average Bonchev–Trinajstić information content (AvgIpc) is 2.17. The summed E-state index contributed by atoms with van der Waals surface area (Å²) in [5.41, 5.74) is -9.07. The van der Waals surface area contributed by atoms with Gasteiger partial charge in [0.25, 0.3) is 0 Å². The molecule has 1 fully saturated rings. The van der Waals surface area contributed by atoms with E-state index in [1.54, 1.807) is 0 Å². The fourth-order valence-electron chi connectivity index (χ4n) is 8.67. The highest BCUT2D eigenvalue weighted by Gasteiger charge is 2.55. The molecule has 2 heterocycles. The molecule has 0 spiro atoms. The molecule has 19 N–H and O–H groups in total. The van der Waals surface area contributed by atoms with E-state index in [1.165, 1.54) is 0 Å². The molecule has 7 aromatic rings. The molecule has 0 bridgehead atoms. The molecule has 0 radical (unpaired) electrons. The number of hydrogen-bond donors (Lipinski definition) is 19. The predicted molar refractivity (Wildman–Crippen MR) is 278 cm³/mol. The Bertz CT molecular complexity index is 4140. The molecule has 462 valence electrons. The second-order valence-corrected chi connectivity index (χ2v) is 18.7. The Hall–Kier alpha value is -13.0. The molecule has 2 aliphatic heterocycles. The third-order valence-corrected chi connectivity index (χ3v) is 13.0. The normalized spacial score (nSPS) is 17.0. The lowest BCUT2D eigenvalue weighted by Gasteiger charge is -2.43. The summed E-state index contributed by atoms with van der Waals surface area (Å²) in [6, 6.07) is 5.71. The number of ether oxygens (including phenoxy) is 8. The lowest BCUT2D eigenvalue weighted by Crippen LogP contribution is -2.63. The maximum absolute atomic E-state index is 14.8. The van der Waals surface area contributed by atoms with E-state index >= 15 is 0 Å². The highest BCUT2D eigenvalue weighted by atomic mass is 16.7. The van der Waals surface area contributed by atoms with Crippen LogP contribution in [0.15, 0.2) is 72.8 Å². The second kappa shape index (κ2) is 22.9. The number of carbonyl (C=O) groups is 7. The highest BCUT2D eigenvalue weighted by molar-refractivity contribution is 6.08. The van der Waals surface area contributed by atoms with Crippen LogP contribution in [0.2, 0.25) is 0 Å². The molecule has 0 aliphatic carbocycles. The van der Waals surface area contributed by atoms with Gasteiger partial charge in [0.2, 0.25) is 35.4 Å². The summed E-state index contributed by atoms with van der Waals surface area (Å²) in [6.45, 7) is -1.43. The van der Waals surface area contributed by atoms with Crippen molar-refractivity contribution in [3.8, 4) is 132 Å². The highest BCUT2D eigenvalue weighted by Crippen LogP contribution is 2.53. The molecular weight excluding hydrogens is 1200 g/mol. The molecule has 5 atom stereocenters. The van der Waals surface area contributed by atoms with Crippen molar-refractivity contribution in [3.05, 3.63) is 112 Å². The fraction of sp³-hybridized carbons (Fsp3) is 0.109. The third kappa shape index (κ3) is 11.3. The first-order valence-corrected chi connectivity index (χ1v) is 24.4. The van der Waals surface area contributed by atoms with E-state index in [-0.39, 0.29) is 0 Å². The van der Waals surface area contributed by atoms with Gasteiger partial charge in [-0.1, -0.05) is 0 Å². The minimum absolute atomic E-state index is 0.328. The summed E-state index contributed by atoms with van der Waals surface area (Å²) >= 11 is 0. The number of phenols is 19. The lowest BCUT2D eigenvalue weighted by molar-refractivity contribution is -0.282. The van der Waals surface area contributed by atoms with Crippen molar-refractivity contribution in [3.63, 3.8) is 0 Å². The number of fused-ring (bicyclic) bond motifs is 4. The van der Waals surface area contributed by atoms with Crippen LogP contribution in [-0.2, 0) is 28.4 Å². The maximum atomic E-state index is 14.8. The van der Waals surface area contributed by atoms with Crippen LogP contribution in [0.5, 0.6) is 121 Å². The molecule has 34 nitrogen and oxygen atoms in total. The molecular formula is C55H38O34. The van der Waals surface area contributed by atoms with Crippen LogP contribution < -0.4 is 9.47 Å². The van der Waals surface area contributed by atoms with Crippen molar-refractivity contribution in [2.45, 2.75) is 30.7 Å². The molecule has 9 rings (SSSR count). The maximum Gasteiger partial charge on any atom is 0.343 e. The van der Waals surface area contributed by atoms with E-state index in [0.29, 0.717) is 72.8 Å². The van der Waals surface area contributed by atoms with Gasteiger partial charge < -0.3 is 135 Å². The number of rotatable bonds is 10. The Kier molecular flexibility index (Phi) is 15.6. The van der Waals surface area contributed by atoms with E-state index in [4.69, 9.17) is 37.9 Å². The number of hydrogen-bond acceptors (Lipinski definition) is 34. The molecule has 89 heavy (non-hydrogen) atoms. The standard InChI is InChI=1S/C55H38O34/c56-21-1-14(2-22(57)36(21)66)48(75)83-31-9-17(7-27(62)39(31)69)51(78)87-46-45-33(13-82-53(80)19-11-29(64)41(71)43(73)34(19)35-20(54(81)86-45)12-30(65)42(72)44(35)74)85-55(47(46)88-50(77)16-5-25(60)38(68)26(61)6-16)89-52(79)18-8-28(63)40(70)32(10-18)84-49(76)15-3-23(58)37(67)24(59)4-15/h1-12,33,45-47,55-74H,13H2. The van der Waals surface area contributed by atoms with Gasteiger partial charge in [0.1, 0.15) is 12.7 Å². The molecule has 0 aromatic heterocycles. The van der Waals surface area contributed by atoms with Crippen LogP contribution in [0.3, 0.4) is 0 Å². The number of cyclic esters (lactones) is 1. The first kappa shape index (κ1) is 60.6. The predicted octanol–water partition coefficient (Wildman–Crippen LogP) is 2.93. The third-order valence-electron chi connectivity index (χ3n) is 13.0. The lowest BCUT2D eigenvalue weighted by atomic mass is 9.92. The summed E-state index contributed by atoms with van der Waals surface area (Å²) in [7, 11) is 0. The van der Waals surface area contributed by atoms with Gasteiger partial charge in [-0.25, -0.2) is 33.6 Å². The SMILES string of the molecule is O=C(Oc1cc(C(=O)OC2OC3COC(=O)c4cc(O)c(O)c(O)c4-c4c(cc(O)c(O)c4O)C(=O)OC3C(OC(=O)c3cc(O)c(O)c(OC(=O)c4cc(O)c(O)c(O)c4)c3)C2OC(=O)c2cc(O)c(O)c(O)c2)cc(O)c1O)c1cc(O)c(O)c(O)c1. The second-order valence-electron chi connectivity index (χ2n) is 18.7. The minimum Gasteiger partial charge on any atom is -0.504 e. The van der Waals surface area contributed by atoms with Gasteiger partial charge in [0.15, 0.2) is 110 Å². The molecule has 1 saturated heterocycles. The quantitative estimate of drug-likeness (QED) is 0.0405. The van der Waals surface area contributed by atoms with Gasteiger partial charge in [-0.2, -0.15) is 0 Å².